The van der Waals surface area contributed by atoms with Crippen LogP contribution in [0.4, 0.5) is 13.2 Å². The standard InChI is InChI=1S/C15H15ClF3N3O3S/c1-9-20-14(25-21-9)10-3-2-6-22(8-10)26(23,24)13-5-4-11(16)7-12(13)15(17,18)19/h4-5,7,10H,2-3,6,8H2,1H3. The molecule has 1 unspecified atom stereocenters. The number of alkyl halides is 3. The van der Waals surface area contributed by atoms with Crippen LogP contribution in [0.15, 0.2) is 27.6 Å². The Balaban J connectivity index is 1.95. The van der Waals surface area contributed by atoms with Crippen molar-refractivity contribution in [2.24, 2.45) is 0 Å². The molecule has 1 aromatic carbocycles. The van der Waals surface area contributed by atoms with Gasteiger partial charge in [0.15, 0.2) is 5.82 Å². The van der Waals surface area contributed by atoms with Crippen molar-refractivity contribution in [1.29, 1.82) is 0 Å². The summed E-state index contributed by atoms with van der Waals surface area (Å²) < 4.78 is 71.7. The van der Waals surface area contributed by atoms with Gasteiger partial charge in [-0.05, 0) is 38.0 Å². The molecule has 3 rings (SSSR count). The number of benzene rings is 1. The van der Waals surface area contributed by atoms with Crippen LogP contribution in [0.2, 0.25) is 5.02 Å². The Labute approximate surface area is 153 Å². The van der Waals surface area contributed by atoms with Gasteiger partial charge in [-0.25, -0.2) is 8.42 Å². The minimum absolute atomic E-state index is 0.0239. The minimum atomic E-state index is -4.84. The highest BCUT2D eigenvalue weighted by Crippen LogP contribution is 2.38. The van der Waals surface area contributed by atoms with E-state index in [0.29, 0.717) is 24.7 Å². The van der Waals surface area contributed by atoms with E-state index >= 15 is 0 Å². The summed E-state index contributed by atoms with van der Waals surface area (Å²) in [6.45, 7) is 1.73. The van der Waals surface area contributed by atoms with Crippen LogP contribution in [-0.2, 0) is 16.2 Å². The molecule has 0 radical (unpaired) electrons. The predicted molar refractivity (Wildman–Crippen MR) is 86.2 cm³/mol. The number of aromatic nitrogens is 2. The molecule has 1 aliphatic rings. The quantitative estimate of drug-likeness (QED) is 0.773. The van der Waals surface area contributed by atoms with Gasteiger partial charge in [0.25, 0.3) is 0 Å². The van der Waals surface area contributed by atoms with Crippen molar-refractivity contribution in [2.75, 3.05) is 13.1 Å². The zero-order chi connectivity index (χ0) is 19.1. The molecule has 1 atom stereocenters. The average Bonchev–Trinajstić information content (AvgIpc) is 3.00. The fourth-order valence-electron chi connectivity index (χ4n) is 2.93. The van der Waals surface area contributed by atoms with Crippen LogP contribution in [0.1, 0.15) is 36.0 Å². The third kappa shape index (κ3) is 3.72. The van der Waals surface area contributed by atoms with Gasteiger partial charge in [-0.15, -0.1) is 0 Å². The van der Waals surface area contributed by atoms with Gasteiger partial charge in [0.1, 0.15) is 0 Å². The van der Waals surface area contributed by atoms with Crippen LogP contribution in [0.25, 0.3) is 0 Å². The van der Waals surface area contributed by atoms with E-state index in [0.717, 1.165) is 16.4 Å². The summed E-state index contributed by atoms with van der Waals surface area (Å²) in [4.78, 5) is 3.29. The number of halogens is 4. The Morgan fingerprint density at radius 3 is 2.69 bits per heavy atom. The topological polar surface area (TPSA) is 76.3 Å². The fraction of sp³-hybridized carbons (Fsp3) is 0.467. The normalized spacial score (nSPS) is 19.7. The highest BCUT2D eigenvalue weighted by Gasteiger charge is 2.41. The van der Waals surface area contributed by atoms with Gasteiger partial charge in [0.05, 0.1) is 16.4 Å². The molecular formula is C15H15ClF3N3O3S. The predicted octanol–water partition coefficient (Wildman–Crippen LogP) is 3.62. The van der Waals surface area contributed by atoms with E-state index in [1.807, 2.05) is 0 Å². The summed E-state index contributed by atoms with van der Waals surface area (Å²) in [6, 6.07) is 2.64. The van der Waals surface area contributed by atoms with Crippen molar-refractivity contribution >= 4 is 21.6 Å². The van der Waals surface area contributed by atoms with Crippen LogP contribution in [0.3, 0.4) is 0 Å². The first-order chi connectivity index (χ1) is 12.1. The molecule has 1 aromatic heterocycles. The molecule has 26 heavy (non-hydrogen) atoms. The number of hydrogen-bond donors (Lipinski definition) is 0. The fourth-order valence-corrected chi connectivity index (χ4v) is 4.82. The second-order valence-electron chi connectivity index (χ2n) is 6.02. The van der Waals surface area contributed by atoms with Crippen molar-refractivity contribution < 1.29 is 26.1 Å². The number of sulfonamides is 1. The summed E-state index contributed by atoms with van der Waals surface area (Å²) >= 11 is 5.63. The van der Waals surface area contributed by atoms with Crippen molar-refractivity contribution in [3.05, 3.63) is 40.5 Å². The van der Waals surface area contributed by atoms with Crippen molar-refractivity contribution in [2.45, 2.75) is 36.8 Å². The van der Waals surface area contributed by atoms with Gasteiger partial charge in [-0.2, -0.15) is 22.5 Å². The lowest BCUT2D eigenvalue weighted by Gasteiger charge is -2.30. The molecule has 11 heteroatoms. The maximum atomic E-state index is 13.3. The minimum Gasteiger partial charge on any atom is -0.339 e. The van der Waals surface area contributed by atoms with E-state index in [1.54, 1.807) is 6.92 Å². The van der Waals surface area contributed by atoms with Gasteiger partial charge in [0.2, 0.25) is 15.9 Å². The summed E-state index contributed by atoms with van der Waals surface area (Å²) in [6.07, 6.45) is -3.76. The Bertz CT molecular complexity index is 914. The molecule has 142 valence electrons. The molecule has 0 bridgehead atoms. The summed E-state index contributed by atoms with van der Waals surface area (Å²) in [5.74, 6) is 0.341. The molecule has 1 fully saturated rings. The van der Waals surface area contributed by atoms with Crippen LogP contribution in [0, 0.1) is 6.92 Å². The summed E-state index contributed by atoms with van der Waals surface area (Å²) in [5, 5.41) is 3.49. The highest BCUT2D eigenvalue weighted by molar-refractivity contribution is 7.89. The number of aryl methyl sites for hydroxylation is 1. The highest BCUT2D eigenvalue weighted by atomic mass is 35.5. The number of hydrogen-bond acceptors (Lipinski definition) is 5. The molecule has 1 aliphatic heterocycles. The molecule has 0 amide bonds. The number of piperidine rings is 1. The third-order valence-electron chi connectivity index (χ3n) is 4.14. The van der Waals surface area contributed by atoms with Crippen molar-refractivity contribution in [3.63, 3.8) is 0 Å². The van der Waals surface area contributed by atoms with Crippen LogP contribution in [0.5, 0.6) is 0 Å². The van der Waals surface area contributed by atoms with E-state index in [1.165, 1.54) is 0 Å². The van der Waals surface area contributed by atoms with E-state index in [-0.39, 0.29) is 29.9 Å². The first-order valence-electron chi connectivity index (χ1n) is 7.76. The number of rotatable bonds is 3. The van der Waals surface area contributed by atoms with Gasteiger partial charge >= 0.3 is 6.18 Å². The van der Waals surface area contributed by atoms with E-state index in [9.17, 15) is 21.6 Å². The monoisotopic (exact) mass is 409 g/mol. The first kappa shape index (κ1) is 19.1. The Hall–Kier alpha value is -1.65. The largest absolute Gasteiger partial charge is 0.417 e. The van der Waals surface area contributed by atoms with E-state index in [2.05, 4.69) is 10.1 Å². The molecular weight excluding hydrogens is 395 g/mol. The molecule has 2 heterocycles. The van der Waals surface area contributed by atoms with E-state index in [4.69, 9.17) is 16.1 Å². The molecule has 2 aromatic rings. The van der Waals surface area contributed by atoms with E-state index < -0.39 is 26.7 Å². The zero-order valence-corrected chi connectivity index (χ0v) is 15.2. The summed E-state index contributed by atoms with van der Waals surface area (Å²) in [7, 11) is -4.36. The average molecular weight is 410 g/mol. The smallest absolute Gasteiger partial charge is 0.339 e. The molecule has 1 saturated heterocycles. The SMILES string of the molecule is Cc1noc(C2CCCN(S(=O)(=O)c3ccc(Cl)cc3C(F)(F)F)C2)n1. The maximum absolute atomic E-state index is 13.3. The summed E-state index contributed by atoms with van der Waals surface area (Å²) in [5.41, 5.74) is -1.28. The lowest BCUT2D eigenvalue weighted by molar-refractivity contribution is -0.139. The van der Waals surface area contributed by atoms with Crippen LogP contribution in [-0.4, -0.2) is 36.0 Å². The Morgan fingerprint density at radius 1 is 1.35 bits per heavy atom. The van der Waals surface area contributed by atoms with Gasteiger partial charge in [0, 0.05) is 18.1 Å². The van der Waals surface area contributed by atoms with Crippen molar-refractivity contribution in [3.8, 4) is 0 Å². The van der Waals surface area contributed by atoms with Crippen LogP contribution >= 0.6 is 11.6 Å². The second-order valence-corrected chi connectivity index (χ2v) is 8.36. The lowest BCUT2D eigenvalue weighted by atomic mass is 10.00. The molecule has 0 spiro atoms. The maximum Gasteiger partial charge on any atom is 0.417 e. The van der Waals surface area contributed by atoms with Crippen molar-refractivity contribution in [1.82, 2.24) is 14.4 Å². The van der Waals surface area contributed by atoms with Gasteiger partial charge < -0.3 is 4.52 Å². The van der Waals surface area contributed by atoms with Gasteiger partial charge in [-0.3, -0.25) is 0 Å². The lowest BCUT2D eigenvalue weighted by Crippen LogP contribution is -2.39. The first-order valence-corrected chi connectivity index (χ1v) is 9.58. The van der Waals surface area contributed by atoms with Gasteiger partial charge in [-0.1, -0.05) is 16.8 Å². The number of nitrogens with zero attached hydrogens (tertiary/aromatic N) is 3. The molecule has 0 aliphatic carbocycles. The Morgan fingerprint density at radius 2 is 2.08 bits per heavy atom. The zero-order valence-electron chi connectivity index (χ0n) is 13.6. The van der Waals surface area contributed by atoms with Crippen LogP contribution < -0.4 is 0 Å². The third-order valence-corrected chi connectivity index (χ3v) is 6.30. The second kappa shape index (κ2) is 6.82. The molecule has 0 saturated carbocycles. The molecule has 6 nitrogen and oxygen atoms in total. The molecule has 0 N–H and O–H groups in total. The Kier molecular flexibility index (Phi) is 5.02.